The highest BCUT2D eigenvalue weighted by Crippen LogP contribution is 2.31. The third-order valence-electron chi connectivity index (χ3n) is 4.79. The molecule has 0 aliphatic carbocycles. The fourth-order valence-corrected chi connectivity index (χ4v) is 4.14. The van der Waals surface area contributed by atoms with Crippen LogP contribution in [0.1, 0.15) is 16.7 Å². The largest absolute Gasteiger partial charge is 0.497 e. The van der Waals surface area contributed by atoms with Crippen LogP contribution in [0, 0.1) is 13.8 Å². The van der Waals surface area contributed by atoms with Gasteiger partial charge in [0.1, 0.15) is 5.75 Å². The van der Waals surface area contributed by atoms with Gasteiger partial charge in [0, 0.05) is 0 Å². The number of amides is 1. The fraction of sp³-hybridized carbons (Fsp3) is 0.364. The van der Waals surface area contributed by atoms with Crippen molar-refractivity contribution < 1.29 is 14.4 Å². The Labute approximate surface area is 170 Å². The summed E-state index contributed by atoms with van der Waals surface area (Å²) in [6.45, 7) is 5.63. The summed E-state index contributed by atoms with van der Waals surface area (Å²) in [4.78, 5) is 21.1. The number of ether oxygens (including phenoxy) is 1. The van der Waals surface area contributed by atoms with Crippen LogP contribution >= 0.6 is 11.3 Å². The van der Waals surface area contributed by atoms with Crippen molar-refractivity contribution in [3.8, 4) is 5.75 Å². The van der Waals surface area contributed by atoms with Crippen molar-refractivity contribution in [2.45, 2.75) is 20.3 Å². The van der Waals surface area contributed by atoms with Crippen molar-refractivity contribution >= 4 is 32.6 Å². The van der Waals surface area contributed by atoms with E-state index in [-0.39, 0.29) is 5.91 Å². The number of benzene rings is 2. The Balaban J connectivity index is 1.90. The van der Waals surface area contributed by atoms with Crippen LogP contribution in [0.4, 0.5) is 5.13 Å². The van der Waals surface area contributed by atoms with Gasteiger partial charge in [-0.2, -0.15) is 0 Å². The first-order valence-corrected chi connectivity index (χ1v) is 10.3. The number of thiazole rings is 1. The summed E-state index contributed by atoms with van der Waals surface area (Å²) >= 11 is 1.54. The molecule has 0 saturated heterocycles. The summed E-state index contributed by atoms with van der Waals surface area (Å²) in [5.74, 6) is 0.882. The van der Waals surface area contributed by atoms with Crippen molar-refractivity contribution in [3.63, 3.8) is 0 Å². The van der Waals surface area contributed by atoms with Gasteiger partial charge in [-0.05, 0) is 43.2 Å². The molecule has 2 aromatic carbocycles. The quantitative estimate of drug-likeness (QED) is 0.666. The van der Waals surface area contributed by atoms with Crippen molar-refractivity contribution in [2.75, 3.05) is 39.2 Å². The van der Waals surface area contributed by atoms with Gasteiger partial charge in [0.05, 0.1) is 50.9 Å². The van der Waals surface area contributed by atoms with E-state index >= 15 is 0 Å². The van der Waals surface area contributed by atoms with E-state index < -0.39 is 0 Å². The van der Waals surface area contributed by atoms with E-state index in [2.05, 4.69) is 46.1 Å². The highest BCUT2D eigenvalue weighted by molar-refractivity contribution is 7.22. The maximum Gasteiger partial charge on any atom is 0.233 e. The summed E-state index contributed by atoms with van der Waals surface area (Å²) in [6.07, 6.45) is 0.383. The van der Waals surface area contributed by atoms with Crippen LogP contribution in [-0.2, 0) is 11.2 Å². The fourth-order valence-electron chi connectivity index (χ4n) is 3.10. The second kappa shape index (κ2) is 8.71. The zero-order valence-corrected chi connectivity index (χ0v) is 18.0. The molecule has 0 spiro atoms. The van der Waals surface area contributed by atoms with Crippen LogP contribution < -0.4 is 14.5 Å². The van der Waals surface area contributed by atoms with Gasteiger partial charge in [-0.15, -0.1) is 0 Å². The standard InChI is InChI=1S/C22H27N3O2S/c1-15-6-7-17(16(2)12-15)13-21(26)25(11-10-24(3)4)22-23-19-9-8-18(27-5)14-20(19)28-22/h6-9,12,14H,10-11,13H2,1-5H3/p+1. The molecule has 1 amide bonds. The minimum atomic E-state index is 0.0826. The first kappa shape index (κ1) is 20.3. The predicted molar refractivity (Wildman–Crippen MR) is 116 cm³/mol. The minimum Gasteiger partial charge on any atom is -0.497 e. The normalized spacial score (nSPS) is 11.2. The van der Waals surface area contributed by atoms with Gasteiger partial charge in [-0.3, -0.25) is 9.69 Å². The maximum absolute atomic E-state index is 13.2. The molecule has 0 bridgehead atoms. The molecule has 1 aromatic heterocycles. The van der Waals surface area contributed by atoms with E-state index in [1.165, 1.54) is 21.8 Å². The Morgan fingerprint density at radius 2 is 1.96 bits per heavy atom. The first-order valence-electron chi connectivity index (χ1n) is 9.47. The van der Waals surface area contributed by atoms with E-state index in [1.54, 1.807) is 7.11 Å². The van der Waals surface area contributed by atoms with Crippen LogP contribution in [0.25, 0.3) is 10.2 Å². The monoisotopic (exact) mass is 398 g/mol. The number of quaternary nitrogens is 1. The lowest BCUT2D eigenvalue weighted by molar-refractivity contribution is -0.856. The van der Waals surface area contributed by atoms with Crippen molar-refractivity contribution in [3.05, 3.63) is 53.1 Å². The van der Waals surface area contributed by atoms with E-state index in [0.717, 1.165) is 38.8 Å². The number of anilines is 1. The lowest BCUT2D eigenvalue weighted by Crippen LogP contribution is -3.06. The molecule has 0 aliphatic rings. The van der Waals surface area contributed by atoms with E-state index in [0.29, 0.717) is 13.0 Å². The van der Waals surface area contributed by atoms with Gasteiger partial charge < -0.3 is 9.64 Å². The minimum absolute atomic E-state index is 0.0826. The molecule has 5 nitrogen and oxygen atoms in total. The number of aromatic nitrogens is 1. The summed E-state index contributed by atoms with van der Waals surface area (Å²) in [5, 5.41) is 0.749. The summed E-state index contributed by atoms with van der Waals surface area (Å²) in [7, 11) is 5.84. The number of nitrogens with zero attached hydrogens (tertiary/aromatic N) is 2. The zero-order valence-electron chi connectivity index (χ0n) is 17.2. The third kappa shape index (κ3) is 4.69. The Kier molecular flexibility index (Phi) is 6.31. The molecule has 3 aromatic rings. The number of nitrogens with one attached hydrogen (secondary N) is 1. The average Bonchev–Trinajstić information content (AvgIpc) is 3.06. The number of likely N-dealkylation sites (N-methyl/N-ethyl adjacent to an activating group) is 1. The molecule has 1 N–H and O–H groups in total. The SMILES string of the molecule is COc1ccc2nc(N(CC[NH+](C)C)C(=O)Cc3ccc(C)cc3C)sc2c1. The van der Waals surface area contributed by atoms with Gasteiger partial charge in [-0.1, -0.05) is 35.1 Å². The zero-order chi connectivity index (χ0) is 20.3. The number of hydrogen-bond acceptors (Lipinski definition) is 4. The van der Waals surface area contributed by atoms with Crippen LogP contribution in [0.2, 0.25) is 0 Å². The Morgan fingerprint density at radius 1 is 1.18 bits per heavy atom. The molecule has 1 heterocycles. The molecule has 0 saturated carbocycles. The van der Waals surface area contributed by atoms with Crippen LogP contribution in [0.5, 0.6) is 5.75 Å². The van der Waals surface area contributed by atoms with Gasteiger partial charge >= 0.3 is 0 Å². The topological polar surface area (TPSA) is 46.9 Å². The van der Waals surface area contributed by atoms with Crippen LogP contribution in [0.3, 0.4) is 0 Å². The van der Waals surface area contributed by atoms with E-state index in [1.807, 2.05) is 23.1 Å². The van der Waals surface area contributed by atoms with Gasteiger partial charge in [0.15, 0.2) is 5.13 Å². The van der Waals surface area contributed by atoms with Crippen molar-refractivity contribution in [2.24, 2.45) is 0 Å². The summed E-state index contributed by atoms with van der Waals surface area (Å²) < 4.78 is 6.34. The Bertz CT molecular complexity index is 981. The maximum atomic E-state index is 13.2. The molecule has 0 unspecified atom stereocenters. The molecule has 0 atom stereocenters. The lowest BCUT2D eigenvalue weighted by atomic mass is 10.0. The van der Waals surface area contributed by atoms with Crippen molar-refractivity contribution in [1.29, 1.82) is 0 Å². The highest BCUT2D eigenvalue weighted by atomic mass is 32.1. The molecule has 28 heavy (non-hydrogen) atoms. The molecule has 0 fully saturated rings. The number of carbonyl (C=O) groups excluding carboxylic acids is 1. The molecular formula is C22H28N3O2S+. The van der Waals surface area contributed by atoms with Gasteiger partial charge in [0.2, 0.25) is 5.91 Å². The van der Waals surface area contributed by atoms with Gasteiger partial charge in [-0.25, -0.2) is 4.98 Å². The molecule has 0 radical (unpaired) electrons. The smallest absolute Gasteiger partial charge is 0.233 e. The third-order valence-corrected chi connectivity index (χ3v) is 5.83. The highest BCUT2D eigenvalue weighted by Gasteiger charge is 2.21. The van der Waals surface area contributed by atoms with Gasteiger partial charge in [0.25, 0.3) is 0 Å². The van der Waals surface area contributed by atoms with Crippen molar-refractivity contribution in [1.82, 2.24) is 4.98 Å². The molecular weight excluding hydrogens is 370 g/mol. The molecule has 6 heteroatoms. The summed E-state index contributed by atoms with van der Waals surface area (Å²) in [5.41, 5.74) is 4.32. The van der Waals surface area contributed by atoms with E-state index in [4.69, 9.17) is 9.72 Å². The second-order valence-corrected chi connectivity index (χ2v) is 8.45. The second-order valence-electron chi connectivity index (χ2n) is 7.44. The first-order chi connectivity index (χ1) is 13.4. The Hall–Kier alpha value is -2.44. The number of methoxy groups -OCH3 is 1. The van der Waals surface area contributed by atoms with Crippen LogP contribution in [-0.4, -0.2) is 45.2 Å². The molecule has 3 rings (SSSR count). The number of fused-ring (bicyclic) bond motifs is 1. The molecule has 148 valence electrons. The predicted octanol–water partition coefficient (Wildman–Crippen LogP) is 2.64. The molecule has 0 aliphatic heterocycles. The summed E-state index contributed by atoms with van der Waals surface area (Å²) in [6, 6.07) is 12.1. The number of hydrogen-bond donors (Lipinski definition) is 1. The lowest BCUT2D eigenvalue weighted by Gasteiger charge is -2.21. The van der Waals surface area contributed by atoms with Crippen LogP contribution in [0.15, 0.2) is 36.4 Å². The number of rotatable bonds is 7. The Morgan fingerprint density at radius 3 is 2.64 bits per heavy atom. The number of carbonyl (C=O) groups is 1. The number of aryl methyl sites for hydroxylation is 2. The van der Waals surface area contributed by atoms with E-state index in [9.17, 15) is 4.79 Å². The average molecular weight is 399 g/mol.